The summed E-state index contributed by atoms with van der Waals surface area (Å²) in [6.45, 7) is 10.5. The molecule has 120 valence electrons. The van der Waals surface area contributed by atoms with E-state index in [4.69, 9.17) is 4.42 Å². The molecule has 2 rings (SSSR count). The highest BCUT2D eigenvalue weighted by Crippen LogP contribution is 2.24. The Kier molecular flexibility index (Phi) is 5.50. The fourth-order valence-electron chi connectivity index (χ4n) is 3.10. The van der Waals surface area contributed by atoms with Gasteiger partial charge < -0.3 is 9.73 Å². The Hall–Kier alpha value is -0.800. The summed E-state index contributed by atoms with van der Waals surface area (Å²) in [5, 5.41) is 3.54. The minimum Gasteiger partial charge on any atom is -0.465 e. The van der Waals surface area contributed by atoms with E-state index in [1.54, 1.807) is 0 Å². The zero-order valence-corrected chi connectivity index (χ0v) is 14.5. The standard InChI is InChI=1S/C18H32N2O/c1-14-15(12-19-18(2,3)4)11-17(21-14)13-20(5)16-9-7-6-8-10-16/h11,16,19H,6-10,12-13H2,1-5H3. The summed E-state index contributed by atoms with van der Waals surface area (Å²) in [7, 11) is 2.24. The zero-order valence-electron chi connectivity index (χ0n) is 14.5. The van der Waals surface area contributed by atoms with Crippen LogP contribution in [0.4, 0.5) is 0 Å². The van der Waals surface area contributed by atoms with Crippen LogP contribution in [0.5, 0.6) is 0 Å². The van der Waals surface area contributed by atoms with Crippen LogP contribution in [0.25, 0.3) is 0 Å². The highest BCUT2D eigenvalue weighted by molar-refractivity contribution is 5.21. The molecule has 0 amide bonds. The number of hydrogen-bond acceptors (Lipinski definition) is 3. The van der Waals surface area contributed by atoms with E-state index in [0.717, 1.165) is 30.7 Å². The number of nitrogens with zero attached hydrogens (tertiary/aromatic N) is 1. The Morgan fingerprint density at radius 3 is 2.52 bits per heavy atom. The first-order chi connectivity index (χ1) is 9.85. The van der Waals surface area contributed by atoms with Crippen molar-refractivity contribution in [1.82, 2.24) is 10.2 Å². The third-order valence-electron chi connectivity index (χ3n) is 4.48. The van der Waals surface area contributed by atoms with E-state index in [1.807, 2.05) is 0 Å². The molecule has 0 radical (unpaired) electrons. The summed E-state index contributed by atoms with van der Waals surface area (Å²) in [5.74, 6) is 2.16. The zero-order chi connectivity index (χ0) is 15.5. The molecular weight excluding hydrogens is 260 g/mol. The average molecular weight is 292 g/mol. The second-order valence-corrected chi connectivity index (χ2v) is 7.60. The molecule has 0 unspecified atom stereocenters. The lowest BCUT2D eigenvalue weighted by Gasteiger charge is -2.30. The summed E-state index contributed by atoms with van der Waals surface area (Å²) in [6, 6.07) is 2.97. The third kappa shape index (κ3) is 5.15. The molecule has 1 aromatic rings. The molecule has 3 nitrogen and oxygen atoms in total. The van der Waals surface area contributed by atoms with Gasteiger partial charge in [0.05, 0.1) is 6.54 Å². The van der Waals surface area contributed by atoms with E-state index in [9.17, 15) is 0 Å². The van der Waals surface area contributed by atoms with Crippen LogP contribution in [-0.2, 0) is 13.1 Å². The molecular formula is C18H32N2O. The van der Waals surface area contributed by atoms with Gasteiger partial charge in [-0.3, -0.25) is 4.90 Å². The van der Waals surface area contributed by atoms with Gasteiger partial charge in [0.25, 0.3) is 0 Å². The van der Waals surface area contributed by atoms with Crippen molar-refractivity contribution < 1.29 is 4.42 Å². The second-order valence-electron chi connectivity index (χ2n) is 7.60. The van der Waals surface area contributed by atoms with Crippen molar-refractivity contribution in [1.29, 1.82) is 0 Å². The van der Waals surface area contributed by atoms with Gasteiger partial charge in [-0.15, -0.1) is 0 Å². The molecule has 1 saturated carbocycles. The van der Waals surface area contributed by atoms with Crippen molar-refractivity contribution >= 4 is 0 Å². The van der Waals surface area contributed by atoms with Crippen molar-refractivity contribution in [2.75, 3.05) is 7.05 Å². The largest absolute Gasteiger partial charge is 0.465 e. The van der Waals surface area contributed by atoms with Crippen molar-refractivity contribution in [3.05, 3.63) is 23.2 Å². The van der Waals surface area contributed by atoms with Crippen LogP contribution in [0.2, 0.25) is 0 Å². The summed E-state index contributed by atoms with van der Waals surface area (Å²) < 4.78 is 5.96. The van der Waals surface area contributed by atoms with E-state index < -0.39 is 0 Å². The number of aryl methyl sites for hydroxylation is 1. The SMILES string of the molecule is Cc1oc(CN(C)C2CCCCC2)cc1CNC(C)(C)C. The summed E-state index contributed by atoms with van der Waals surface area (Å²) in [6.07, 6.45) is 6.86. The first kappa shape index (κ1) is 16.6. The highest BCUT2D eigenvalue weighted by atomic mass is 16.3. The molecule has 1 heterocycles. The van der Waals surface area contributed by atoms with Gasteiger partial charge in [-0.1, -0.05) is 19.3 Å². The van der Waals surface area contributed by atoms with Crippen LogP contribution in [0.1, 0.15) is 70.0 Å². The monoisotopic (exact) mass is 292 g/mol. The summed E-state index contributed by atoms with van der Waals surface area (Å²) >= 11 is 0. The van der Waals surface area contributed by atoms with E-state index in [2.05, 4.69) is 51.0 Å². The summed E-state index contributed by atoms with van der Waals surface area (Å²) in [5.41, 5.74) is 1.43. The molecule has 1 aliphatic carbocycles. The maximum absolute atomic E-state index is 5.96. The fourth-order valence-corrected chi connectivity index (χ4v) is 3.10. The van der Waals surface area contributed by atoms with E-state index in [0.29, 0.717) is 0 Å². The van der Waals surface area contributed by atoms with Gasteiger partial charge in [0, 0.05) is 23.7 Å². The molecule has 0 aromatic carbocycles. The van der Waals surface area contributed by atoms with Gasteiger partial charge in [-0.25, -0.2) is 0 Å². The number of rotatable bonds is 5. The summed E-state index contributed by atoms with van der Waals surface area (Å²) in [4.78, 5) is 2.47. The number of nitrogens with one attached hydrogen (secondary N) is 1. The molecule has 0 saturated heterocycles. The molecule has 1 N–H and O–H groups in total. The molecule has 1 aromatic heterocycles. The van der Waals surface area contributed by atoms with Crippen LogP contribution >= 0.6 is 0 Å². The van der Waals surface area contributed by atoms with Crippen LogP contribution < -0.4 is 5.32 Å². The average Bonchev–Trinajstić information content (AvgIpc) is 2.77. The van der Waals surface area contributed by atoms with Gasteiger partial charge in [0.15, 0.2) is 0 Å². The predicted molar refractivity (Wildman–Crippen MR) is 88.4 cm³/mol. The third-order valence-corrected chi connectivity index (χ3v) is 4.48. The van der Waals surface area contributed by atoms with Crippen LogP contribution in [0.3, 0.4) is 0 Å². The van der Waals surface area contributed by atoms with Gasteiger partial charge in [0.2, 0.25) is 0 Å². The molecule has 0 bridgehead atoms. The van der Waals surface area contributed by atoms with E-state index >= 15 is 0 Å². The molecule has 3 heteroatoms. The van der Waals surface area contributed by atoms with Gasteiger partial charge >= 0.3 is 0 Å². The molecule has 21 heavy (non-hydrogen) atoms. The van der Waals surface area contributed by atoms with Crippen molar-refractivity contribution in [2.45, 2.75) is 84.5 Å². The first-order valence-corrected chi connectivity index (χ1v) is 8.38. The maximum Gasteiger partial charge on any atom is 0.118 e. The minimum absolute atomic E-state index is 0.142. The van der Waals surface area contributed by atoms with Crippen molar-refractivity contribution in [3.8, 4) is 0 Å². The lowest BCUT2D eigenvalue weighted by molar-refractivity contribution is 0.172. The first-order valence-electron chi connectivity index (χ1n) is 8.38. The second kappa shape index (κ2) is 6.97. The van der Waals surface area contributed by atoms with E-state index in [-0.39, 0.29) is 5.54 Å². The molecule has 1 aliphatic rings. The fraction of sp³-hybridized carbons (Fsp3) is 0.778. The van der Waals surface area contributed by atoms with Gasteiger partial charge in [-0.05, 0) is 53.7 Å². The van der Waals surface area contributed by atoms with Crippen molar-refractivity contribution in [2.24, 2.45) is 0 Å². The lowest BCUT2D eigenvalue weighted by atomic mass is 9.94. The quantitative estimate of drug-likeness (QED) is 0.880. The molecule has 1 fully saturated rings. The van der Waals surface area contributed by atoms with Gasteiger partial charge in [0.1, 0.15) is 11.5 Å². The normalized spacial score (nSPS) is 17.6. The molecule has 0 aliphatic heterocycles. The van der Waals surface area contributed by atoms with Crippen LogP contribution in [0.15, 0.2) is 10.5 Å². The number of furan rings is 1. The van der Waals surface area contributed by atoms with Crippen LogP contribution in [0, 0.1) is 6.92 Å². The minimum atomic E-state index is 0.142. The van der Waals surface area contributed by atoms with Gasteiger partial charge in [-0.2, -0.15) is 0 Å². The molecule has 0 atom stereocenters. The Morgan fingerprint density at radius 2 is 1.90 bits per heavy atom. The van der Waals surface area contributed by atoms with Crippen LogP contribution in [-0.4, -0.2) is 23.5 Å². The predicted octanol–water partition coefficient (Wildman–Crippen LogP) is 4.24. The Bertz CT molecular complexity index is 439. The lowest BCUT2D eigenvalue weighted by Crippen LogP contribution is -2.35. The Balaban J connectivity index is 1.91. The molecule has 0 spiro atoms. The van der Waals surface area contributed by atoms with Crippen molar-refractivity contribution in [3.63, 3.8) is 0 Å². The topological polar surface area (TPSA) is 28.4 Å². The smallest absolute Gasteiger partial charge is 0.118 e. The van der Waals surface area contributed by atoms with E-state index in [1.165, 1.54) is 37.7 Å². The number of hydrogen-bond donors (Lipinski definition) is 1. The highest BCUT2D eigenvalue weighted by Gasteiger charge is 2.20. The Labute approximate surface area is 130 Å². The Morgan fingerprint density at radius 1 is 1.24 bits per heavy atom. The maximum atomic E-state index is 5.96.